The molecule has 60 valence electrons. The third-order valence-corrected chi connectivity index (χ3v) is 2.39. The molecule has 0 spiro atoms. The van der Waals surface area contributed by atoms with Crippen molar-refractivity contribution in [2.24, 2.45) is 0 Å². The van der Waals surface area contributed by atoms with Crippen molar-refractivity contribution < 1.29 is 0 Å². The first-order valence-corrected chi connectivity index (χ1v) is 4.29. The lowest BCUT2D eigenvalue weighted by Crippen LogP contribution is -2.42. The van der Waals surface area contributed by atoms with E-state index in [9.17, 15) is 0 Å². The van der Waals surface area contributed by atoms with Gasteiger partial charge in [0.1, 0.15) is 0 Å². The Balaban J connectivity index is 2.29. The van der Waals surface area contributed by atoms with Crippen LogP contribution in [-0.2, 0) is 0 Å². The largest absolute Gasteiger partial charge is 0.315 e. The van der Waals surface area contributed by atoms with Crippen molar-refractivity contribution in [3.05, 3.63) is 0 Å². The van der Waals surface area contributed by atoms with Crippen molar-refractivity contribution >= 4 is 0 Å². The van der Waals surface area contributed by atoms with Crippen molar-refractivity contribution in [3.63, 3.8) is 0 Å². The van der Waals surface area contributed by atoms with Gasteiger partial charge in [-0.15, -0.1) is 0 Å². The van der Waals surface area contributed by atoms with E-state index in [1.807, 2.05) is 7.05 Å². The van der Waals surface area contributed by atoms with Crippen molar-refractivity contribution in [1.82, 2.24) is 10.6 Å². The van der Waals surface area contributed by atoms with Crippen LogP contribution in [0.4, 0.5) is 0 Å². The smallest absolute Gasteiger partial charge is 0.0221 e. The molecule has 1 fully saturated rings. The molecule has 2 N–H and O–H groups in total. The van der Waals surface area contributed by atoms with Gasteiger partial charge < -0.3 is 10.6 Å². The van der Waals surface area contributed by atoms with E-state index in [-0.39, 0.29) is 0 Å². The van der Waals surface area contributed by atoms with Crippen LogP contribution >= 0.6 is 0 Å². The average Bonchev–Trinajstić information content (AvgIpc) is 2.43. The van der Waals surface area contributed by atoms with Crippen LogP contribution in [0.3, 0.4) is 0 Å². The maximum atomic E-state index is 3.50. The molecule has 0 bridgehead atoms. The third kappa shape index (κ3) is 1.70. The molecule has 2 unspecified atom stereocenters. The van der Waals surface area contributed by atoms with Gasteiger partial charge in [-0.1, -0.05) is 6.92 Å². The highest BCUT2D eigenvalue weighted by Gasteiger charge is 2.20. The summed E-state index contributed by atoms with van der Waals surface area (Å²) in [4.78, 5) is 0. The predicted molar refractivity (Wildman–Crippen MR) is 44.2 cm³/mol. The zero-order chi connectivity index (χ0) is 7.40. The molecule has 1 aliphatic rings. The Hall–Kier alpha value is -0.0800. The van der Waals surface area contributed by atoms with E-state index < -0.39 is 0 Å². The molecule has 2 heteroatoms. The number of nitrogens with one attached hydrogen (secondary N) is 2. The van der Waals surface area contributed by atoms with E-state index in [1.165, 1.54) is 25.8 Å². The highest BCUT2D eigenvalue weighted by molar-refractivity contribution is 4.84. The lowest BCUT2D eigenvalue weighted by molar-refractivity contribution is 0.416. The standard InChI is InChI=1S/C8H18N2/c1-3-7(9-2)8-5-4-6-10-8/h7-10H,3-6H2,1-2H3. The number of hydrogen-bond donors (Lipinski definition) is 2. The summed E-state index contributed by atoms with van der Waals surface area (Å²) >= 11 is 0. The van der Waals surface area contributed by atoms with Crippen LogP contribution < -0.4 is 10.6 Å². The minimum atomic E-state index is 0.683. The molecule has 0 amide bonds. The predicted octanol–water partition coefficient (Wildman–Crippen LogP) is 0.736. The Labute approximate surface area is 63.4 Å². The van der Waals surface area contributed by atoms with Crippen LogP contribution in [0.5, 0.6) is 0 Å². The van der Waals surface area contributed by atoms with Crippen LogP contribution in [0.15, 0.2) is 0 Å². The fourth-order valence-corrected chi connectivity index (χ4v) is 1.74. The molecule has 1 heterocycles. The summed E-state index contributed by atoms with van der Waals surface area (Å²) in [5.41, 5.74) is 0. The van der Waals surface area contributed by atoms with E-state index in [0.717, 1.165) is 6.04 Å². The summed E-state index contributed by atoms with van der Waals surface area (Å²) < 4.78 is 0. The fraction of sp³-hybridized carbons (Fsp3) is 1.00. The summed E-state index contributed by atoms with van der Waals surface area (Å²) in [6, 6.07) is 1.41. The SMILES string of the molecule is CCC(NC)C1CCCN1. The monoisotopic (exact) mass is 142 g/mol. The summed E-state index contributed by atoms with van der Waals surface area (Å²) in [6.07, 6.45) is 3.93. The van der Waals surface area contributed by atoms with Gasteiger partial charge >= 0.3 is 0 Å². The molecule has 1 aliphatic heterocycles. The van der Waals surface area contributed by atoms with Gasteiger partial charge in [-0.2, -0.15) is 0 Å². The molecule has 2 nitrogen and oxygen atoms in total. The maximum Gasteiger partial charge on any atom is 0.0221 e. The summed E-state index contributed by atoms with van der Waals surface area (Å²) in [6.45, 7) is 3.45. The second-order valence-corrected chi connectivity index (χ2v) is 3.01. The highest BCUT2D eigenvalue weighted by atomic mass is 15.0. The Morgan fingerprint density at radius 3 is 2.90 bits per heavy atom. The average molecular weight is 142 g/mol. The van der Waals surface area contributed by atoms with Gasteiger partial charge in [-0.3, -0.25) is 0 Å². The van der Waals surface area contributed by atoms with Crippen molar-refractivity contribution in [2.75, 3.05) is 13.6 Å². The van der Waals surface area contributed by atoms with E-state index in [0.29, 0.717) is 6.04 Å². The molecule has 0 aromatic carbocycles. The normalized spacial score (nSPS) is 28.8. The lowest BCUT2D eigenvalue weighted by atomic mass is 10.0. The minimum Gasteiger partial charge on any atom is -0.315 e. The molecule has 2 atom stereocenters. The maximum absolute atomic E-state index is 3.50. The van der Waals surface area contributed by atoms with E-state index in [4.69, 9.17) is 0 Å². The first kappa shape index (κ1) is 8.02. The molecule has 10 heavy (non-hydrogen) atoms. The number of rotatable bonds is 3. The molecular weight excluding hydrogens is 124 g/mol. The molecule has 0 aromatic rings. The van der Waals surface area contributed by atoms with Crippen LogP contribution in [0, 0.1) is 0 Å². The van der Waals surface area contributed by atoms with Gasteiger partial charge in [-0.25, -0.2) is 0 Å². The third-order valence-electron chi connectivity index (χ3n) is 2.39. The minimum absolute atomic E-state index is 0.683. The van der Waals surface area contributed by atoms with Gasteiger partial charge in [0, 0.05) is 12.1 Å². The molecule has 0 aliphatic carbocycles. The summed E-state index contributed by atoms with van der Waals surface area (Å²) in [7, 11) is 2.05. The zero-order valence-corrected chi connectivity index (χ0v) is 6.98. The van der Waals surface area contributed by atoms with E-state index >= 15 is 0 Å². The second-order valence-electron chi connectivity index (χ2n) is 3.01. The quantitative estimate of drug-likeness (QED) is 0.607. The zero-order valence-electron chi connectivity index (χ0n) is 6.98. The number of likely N-dealkylation sites (N-methyl/N-ethyl adjacent to an activating group) is 1. The Kier molecular flexibility index (Phi) is 3.16. The van der Waals surface area contributed by atoms with Crippen LogP contribution in [0.25, 0.3) is 0 Å². The Bertz CT molecular complexity index is 83.3. The molecule has 1 saturated heterocycles. The fourth-order valence-electron chi connectivity index (χ4n) is 1.74. The summed E-state index contributed by atoms with van der Waals surface area (Å²) in [5, 5.41) is 6.83. The van der Waals surface area contributed by atoms with Crippen LogP contribution in [0.2, 0.25) is 0 Å². The molecular formula is C8H18N2. The lowest BCUT2D eigenvalue weighted by Gasteiger charge is -2.21. The van der Waals surface area contributed by atoms with Gasteiger partial charge in [0.2, 0.25) is 0 Å². The van der Waals surface area contributed by atoms with Crippen LogP contribution in [0.1, 0.15) is 26.2 Å². The first-order chi connectivity index (χ1) is 4.88. The molecule has 0 saturated carbocycles. The molecule has 0 radical (unpaired) electrons. The molecule has 0 aromatic heterocycles. The van der Waals surface area contributed by atoms with Gasteiger partial charge in [0.05, 0.1) is 0 Å². The van der Waals surface area contributed by atoms with E-state index in [2.05, 4.69) is 17.6 Å². The van der Waals surface area contributed by atoms with Crippen molar-refractivity contribution in [1.29, 1.82) is 0 Å². The van der Waals surface area contributed by atoms with Crippen molar-refractivity contribution in [3.8, 4) is 0 Å². The Morgan fingerprint density at radius 2 is 2.50 bits per heavy atom. The topological polar surface area (TPSA) is 24.1 Å². The Morgan fingerprint density at radius 1 is 1.70 bits per heavy atom. The van der Waals surface area contributed by atoms with E-state index in [1.54, 1.807) is 0 Å². The van der Waals surface area contributed by atoms with Gasteiger partial charge in [0.25, 0.3) is 0 Å². The highest BCUT2D eigenvalue weighted by Crippen LogP contribution is 2.10. The van der Waals surface area contributed by atoms with Crippen LogP contribution in [-0.4, -0.2) is 25.7 Å². The number of hydrogen-bond acceptors (Lipinski definition) is 2. The summed E-state index contributed by atoms with van der Waals surface area (Å²) in [5.74, 6) is 0. The van der Waals surface area contributed by atoms with Gasteiger partial charge in [-0.05, 0) is 32.9 Å². The van der Waals surface area contributed by atoms with Crippen molar-refractivity contribution in [2.45, 2.75) is 38.3 Å². The van der Waals surface area contributed by atoms with Gasteiger partial charge in [0.15, 0.2) is 0 Å². The second kappa shape index (κ2) is 3.94. The molecule has 1 rings (SSSR count). The first-order valence-electron chi connectivity index (χ1n) is 4.29.